The Hall–Kier alpha value is -4.37. The van der Waals surface area contributed by atoms with Crippen molar-refractivity contribution in [2.75, 3.05) is 6.54 Å². The molecule has 0 saturated heterocycles. The van der Waals surface area contributed by atoms with Crippen LogP contribution in [0.25, 0.3) is 0 Å². The first kappa shape index (κ1) is 28.6. The summed E-state index contributed by atoms with van der Waals surface area (Å²) in [5.41, 5.74) is 1.05. The summed E-state index contributed by atoms with van der Waals surface area (Å²) in [4.78, 5) is 50.6. The van der Waals surface area contributed by atoms with Crippen molar-refractivity contribution in [1.82, 2.24) is 16.0 Å². The van der Waals surface area contributed by atoms with Crippen molar-refractivity contribution in [2.45, 2.75) is 43.7 Å². The fourth-order valence-corrected chi connectivity index (χ4v) is 5.24. The summed E-state index contributed by atoms with van der Waals surface area (Å²) >= 11 is 6.28. The molecule has 0 radical (unpaired) electrons. The van der Waals surface area contributed by atoms with Crippen LogP contribution in [0.5, 0.6) is 5.75 Å². The van der Waals surface area contributed by atoms with Gasteiger partial charge in [0.1, 0.15) is 11.8 Å². The average Bonchev–Trinajstić information content (AvgIpc) is 3.45. The molecule has 1 atom stereocenters. The summed E-state index contributed by atoms with van der Waals surface area (Å²) in [5.74, 6) is -2.69. The van der Waals surface area contributed by atoms with Crippen LogP contribution in [0.15, 0.2) is 72.8 Å². The molecule has 5 N–H and O–H groups in total. The van der Waals surface area contributed by atoms with Crippen molar-refractivity contribution < 1.29 is 29.4 Å². The molecule has 4 rings (SSSR count). The topological polar surface area (TPSA) is 145 Å². The van der Waals surface area contributed by atoms with Gasteiger partial charge in [0, 0.05) is 18.7 Å². The summed E-state index contributed by atoms with van der Waals surface area (Å²) in [6.07, 6.45) is 3.11. The highest BCUT2D eigenvalue weighted by atomic mass is 35.5. The van der Waals surface area contributed by atoms with Gasteiger partial charge in [-0.1, -0.05) is 66.9 Å². The quantitative estimate of drug-likeness (QED) is 0.254. The summed E-state index contributed by atoms with van der Waals surface area (Å²) in [6.45, 7) is -0.133. The van der Waals surface area contributed by atoms with Crippen LogP contribution in [0.2, 0.25) is 5.02 Å². The fraction of sp³-hybridized carbons (Fsp3) is 0.267. The average molecular weight is 564 g/mol. The summed E-state index contributed by atoms with van der Waals surface area (Å²) in [7, 11) is 0. The van der Waals surface area contributed by atoms with Crippen LogP contribution in [0.4, 0.5) is 0 Å². The lowest BCUT2D eigenvalue weighted by molar-refractivity contribution is -0.139. The lowest BCUT2D eigenvalue weighted by Crippen LogP contribution is -2.52. The SMILES string of the molecule is O=C(NCc1cccc(O)c1)c1ccc(C(=O)N[C@@H](CNC(=O)C2(c3ccccc3)CCCC2)C(=O)O)c(Cl)c1. The Labute approximate surface area is 236 Å². The van der Waals surface area contributed by atoms with Gasteiger partial charge in [-0.15, -0.1) is 0 Å². The lowest BCUT2D eigenvalue weighted by atomic mass is 9.78. The molecule has 208 valence electrons. The predicted octanol–water partition coefficient (Wildman–Crippen LogP) is 3.79. The molecule has 3 amide bonds. The molecule has 0 heterocycles. The second kappa shape index (κ2) is 12.7. The van der Waals surface area contributed by atoms with Gasteiger partial charge in [0.05, 0.1) is 16.0 Å². The van der Waals surface area contributed by atoms with E-state index in [1.807, 2.05) is 30.3 Å². The van der Waals surface area contributed by atoms with Gasteiger partial charge in [-0.25, -0.2) is 4.79 Å². The number of carboxylic acid groups (broad SMARTS) is 1. The third-order valence-corrected chi connectivity index (χ3v) is 7.44. The standard InChI is InChI=1S/C30H30ClN3O6/c31-24-16-20(26(36)32-17-19-7-6-10-22(35)15-19)11-12-23(24)27(37)34-25(28(38)39)18-33-29(40)30(13-4-5-14-30)21-8-2-1-3-9-21/h1-3,6-12,15-16,25,35H,4-5,13-14,17-18H2,(H,32,36)(H,33,40)(H,34,37)(H,38,39)/t25-/m0/s1. The van der Waals surface area contributed by atoms with E-state index in [0.717, 1.165) is 18.4 Å². The molecule has 1 fully saturated rings. The second-order valence-corrected chi connectivity index (χ2v) is 10.2. The highest BCUT2D eigenvalue weighted by Crippen LogP contribution is 2.41. The van der Waals surface area contributed by atoms with E-state index in [1.54, 1.807) is 12.1 Å². The molecule has 0 spiro atoms. The number of phenols is 1. The van der Waals surface area contributed by atoms with Crippen molar-refractivity contribution in [3.63, 3.8) is 0 Å². The maximum absolute atomic E-state index is 13.3. The molecule has 9 nitrogen and oxygen atoms in total. The number of benzene rings is 3. The largest absolute Gasteiger partial charge is 0.508 e. The summed E-state index contributed by atoms with van der Waals surface area (Å²) in [5, 5.41) is 27.1. The number of rotatable bonds is 10. The summed E-state index contributed by atoms with van der Waals surface area (Å²) < 4.78 is 0. The van der Waals surface area contributed by atoms with Crippen LogP contribution in [0, 0.1) is 0 Å². The maximum atomic E-state index is 13.3. The van der Waals surface area contributed by atoms with Crippen molar-refractivity contribution in [3.8, 4) is 5.75 Å². The molecule has 3 aromatic carbocycles. The minimum atomic E-state index is -1.40. The molecule has 0 unspecified atom stereocenters. The van der Waals surface area contributed by atoms with E-state index in [4.69, 9.17) is 11.6 Å². The molecule has 0 bridgehead atoms. The molecule has 0 aliphatic heterocycles. The van der Waals surface area contributed by atoms with Crippen molar-refractivity contribution in [3.05, 3.63) is 100 Å². The Morgan fingerprint density at radius 1 is 0.875 bits per heavy atom. The molecular weight excluding hydrogens is 534 g/mol. The lowest BCUT2D eigenvalue weighted by Gasteiger charge is -2.29. The summed E-state index contributed by atoms with van der Waals surface area (Å²) in [6, 6.07) is 18.5. The molecule has 40 heavy (non-hydrogen) atoms. The molecule has 3 aromatic rings. The minimum absolute atomic E-state index is 0.0136. The number of halogens is 1. The molecule has 10 heteroatoms. The number of carbonyl (C=O) groups is 4. The van der Waals surface area contributed by atoms with Gasteiger partial charge < -0.3 is 26.2 Å². The van der Waals surface area contributed by atoms with Gasteiger partial charge in [-0.05, 0) is 54.3 Å². The van der Waals surface area contributed by atoms with Crippen LogP contribution in [0.1, 0.15) is 57.5 Å². The van der Waals surface area contributed by atoms with E-state index in [9.17, 15) is 29.4 Å². The number of hydrogen-bond acceptors (Lipinski definition) is 5. The number of carboxylic acids is 1. The van der Waals surface area contributed by atoms with Gasteiger partial charge in [-0.2, -0.15) is 0 Å². The number of hydrogen-bond donors (Lipinski definition) is 5. The Balaban J connectivity index is 1.38. The van der Waals surface area contributed by atoms with E-state index in [0.29, 0.717) is 18.4 Å². The van der Waals surface area contributed by atoms with Crippen molar-refractivity contribution in [1.29, 1.82) is 0 Å². The van der Waals surface area contributed by atoms with Crippen LogP contribution in [-0.4, -0.2) is 46.5 Å². The van der Waals surface area contributed by atoms with E-state index < -0.39 is 29.2 Å². The van der Waals surface area contributed by atoms with Gasteiger partial charge >= 0.3 is 5.97 Å². The van der Waals surface area contributed by atoms with E-state index in [-0.39, 0.29) is 40.9 Å². The van der Waals surface area contributed by atoms with E-state index in [2.05, 4.69) is 16.0 Å². The van der Waals surface area contributed by atoms with Crippen molar-refractivity contribution >= 4 is 35.3 Å². The number of aliphatic carboxylic acids is 1. The van der Waals surface area contributed by atoms with E-state index in [1.165, 1.54) is 30.3 Å². The van der Waals surface area contributed by atoms with Gasteiger partial charge in [-0.3, -0.25) is 14.4 Å². The zero-order valence-corrected chi connectivity index (χ0v) is 22.4. The zero-order valence-electron chi connectivity index (χ0n) is 21.7. The van der Waals surface area contributed by atoms with Crippen LogP contribution >= 0.6 is 11.6 Å². The third-order valence-electron chi connectivity index (χ3n) is 7.13. The maximum Gasteiger partial charge on any atom is 0.328 e. The Morgan fingerprint density at radius 3 is 2.25 bits per heavy atom. The number of nitrogens with one attached hydrogen (secondary N) is 3. The predicted molar refractivity (Wildman–Crippen MR) is 149 cm³/mol. The van der Waals surface area contributed by atoms with Crippen LogP contribution < -0.4 is 16.0 Å². The Morgan fingerprint density at radius 2 is 1.60 bits per heavy atom. The third kappa shape index (κ3) is 6.60. The first-order valence-electron chi connectivity index (χ1n) is 12.9. The first-order valence-corrected chi connectivity index (χ1v) is 13.3. The highest BCUT2D eigenvalue weighted by Gasteiger charge is 2.42. The normalized spacial score (nSPS) is 14.6. The van der Waals surface area contributed by atoms with Gasteiger partial charge in [0.15, 0.2) is 0 Å². The molecule has 1 saturated carbocycles. The molecular formula is C30H30ClN3O6. The number of carbonyl (C=O) groups excluding carboxylic acids is 3. The molecule has 1 aliphatic rings. The first-order chi connectivity index (χ1) is 19.2. The number of phenolic OH excluding ortho intramolecular Hbond substituents is 1. The zero-order chi connectivity index (χ0) is 28.7. The number of amides is 3. The van der Waals surface area contributed by atoms with Crippen LogP contribution in [0.3, 0.4) is 0 Å². The van der Waals surface area contributed by atoms with Crippen LogP contribution in [-0.2, 0) is 21.5 Å². The molecule has 0 aromatic heterocycles. The number of aromatic hydroxyl groups is 1. The fourth-order valence-electron chi connectivity index (χ4n) is 4.97. The monoisotopic (exact) mass is 563 g/mol. The van der Waals surface area contributed by atoms with Gasteiger partial charge in [0.2, 0.25) is 5.91 Å². The second-order valence-electron chi connectivity index (χ2n) is 9.78. The molecule has 1 aliphatic carbocycles. The smallest absolute Gasteiger partial charge is 0.328 e. The van der Waals surface area contributed by atoms with Gasteiger partial charge in [0.25, 0.3) is 11.8 Å². The highest BCUT2D eigenvalue weighted by molar-refractivity contribution is 6.34. The minimum Gasteiger partial charge on any atom is -0.508 e. The Bertz CT molecular complexity index is 1410. The Kier molecular flexibility index (Phi) is 9.06. The van der Waals surface area contributed by atoms with Crippen molar-refractivity contribution in [2.24, 2.45) is 0 Å². The van der Waals surface area contributed by atoms with E-state index >= 15 is 0 Å².